The van der Waals surface area contributed by atoms with Crippen molar-refractivity contribution >= 4 is 33.6 Å². The van der Waals surface area contributed by atoms with Gasteiger partial charge >= 0.3 is 17.9 Å². The Bertz CT molecular complexity index is 1970. The van der Waals surface area contributed by atoms with Crippen LogP contribution in [-0.2, 0) is 35.6 Å². The highest BCUT2D eigenvalue weighted by molar-refractivity contribution is 6.04. The van der Waals surface area contributed by atoms with Crippen LogP contribution in [0.5, 0.6) is 5.75 Å². The Morgan fingerprint density at radius 1 is 1.02 bits per heavy atom. The molecule has 2 aromatic heterocycles. The van der Waals surface area contributed by atoms with Gasteiger partial charge < -0.3 is 29.2 Å². The third-order valence-electron chi connectivity index (χ3n) is 8.76. The van der Waals surface area contributed by atoms with Crippen molar-refractivity contribution in [2.75, 3.05) is 33.9 Å². The molecule has 0 fully saturated rings. The highest BCUT2D eigenvalue weighted by Gasteiger charge is 2.31. The maximum Gasteiger partial charge on any atom is 0.374 e. The van der Waals surface area contributed by atoms with E-state index in [0.717, 1.165) is 81.4 Å². The molecule has 3 heterocycles. The van der Waals surface area contributed by atoms with E-state index in [9.17, 15) is 23.5 Å². The van der Waals surface area contributed by atoms with Crippen molar-refractivity contribution < 1.29 is 38.1 Å². The van der Waals surface area contributed by atoms with Crippen molar-refractivity contribution in [1.82, 2.24) is 19.2 Å². The van der Waals surface area contributed by atoms with Gasteiger partial charge in [0, 0.05) is 48.5 Å². The van der Waals surface area contributed by atoms with Crippen LogP contribution in [0.15, 0.2) is 60.7 Å². The van der Waals surface area contributed by atoms with Crippen LogP contribution in [-0.4, -0.2) is 81.2 Å². The van der Waals surface area contributed by atoms with Crippen molar-refractivity contribution in [2.45, 2.75) is 65.1 Å². The number of aromatic carboxylic acids is 1. The summed E-state index contributed by atoms with van der Waals surface area (Å²) >= 11 is 0. The van der Waals surface area contributed by atoms with Crippen LogP contribution in [0, 0.1) is 6.92 Å². The number of carboxylic acids is 2. The quantitative estimate of drug-likeness (QED) is 0.147. The Morgan fingerprint density at radius 2 is 1.72 bits per heavy atom. The summed E-state index contributed by atoms with van der Waals surface area (Å²) in [5.74, 6) is -5.71. The van der Waals surface area contributed by atoms with Gasteiger partial charge in [0.05, 0.1) is 36.7 Å². The van der Waals surface area contributed by atoms with E-state index in [1.165, 1.54) is 0 Å². The largest absolute Gasteiger partial charge is 0.493 e. The molecule has 6 rings (SSSR count). The van der Waals surface area contributed by atoms with Crippen LogP contribution in [0.2, 0.25) is 0 Å². The summed E-state index contributed by atoms with van der Waals surface area (Å²) < 4.78 is 39.0. The molecule has 1 aliphatic rings. The first kappa shape index (κ1) is 36.5. The molecule has 1 aliphatic heterocycles. The lowest BCUT2D eigenvalue weighted by Crippen LogP contribution is -2.22. The van der Waals surface area contributed by atoms with Gasteiger partial charge in [0.15, 0.2) is 0 Å². The molecule has 0 bridgehead atoms. The summed E-state index contributed by atoms with van der Waals surface area (Å²) in [6, 6.07) is 20.5. The fourth-order valence-electron chi connectivity index (χ4n) is 6.40. The second kappa shape index (κ2) is 15.8. The predicted octanol–water partition coefficient (Wildman–Crippen LogP) is 7.27. The van der Waals surface area contributed by atoms with E-state index in [4.69, 9.17) is 19.7 Å². The third kappa shape index (κ3) is 8.14. The number of ether oxygens (including phenoxy) is 2. The lowest BCUT2D eigenvalue weighted by atomic mass is 9.98. The Balaban J connectivity index is 0.000000630. The van der Waals surface area contributed by atoms with Gasteiger partial charge in [-0.1, -0.05) is 54.6 Å². The monoisotopic (exact) mass is 690 g/mol. The maximum absolute atomic E-state index is 12.9. The predicted molar refractivity (Wildman–Crippen MR) is 188 cm³/mol. The molecular weight excluding hydrogens is 646 g/mol. The molecule has 0 saturated heterocycles. The average Bonchev–Trinajstić information content (AvgIpc) is 3.55. The first-order chi connectivity index (χ1) is 23.9. The summed E-state index contributed by atoms with van der Waals surface area (Å²) in [5, 5.41) is 26.2. The molecule has 50 heavy (non-hydrogen) atoms. The first-order valence-corrected chi connectivity index (χ1v) is 16.8. The summed E-state index contributed by atoms with van der Waals surface area (Å²) in [6.45, 7) is 6.21. The van der Waals surface area contributed by atoms with Gasteiger partial charge in [0.2, 0.25) is 0 Å². The molecule has 10 nitrogen and oxygen atoms in total. The minimum absolute atomic E-state index is 0.329. The molecule has 0 radical (unpaired) electrons. The first-order valence-electron chi connectivity index (χ1n) is 16.8. The number of rotatable bonds is 10. The number of carboxylic acid groups (broad SMARTS) is 2. The molecule has 0 saturated carbocycles. The summed E-state index contributed by atoms with van der Waals surface area (Å²) in [6.07, 6.45) is 3.00. The standard InChI is InChI=1S/C35H40N4O4.C3H4F2O2/c1-24-32-29-15-9-14-27-28(16-10-22-43-31-17-8-12-25-11-4-5-13-26(25)31)34(35(40)41)38(33(27)29)18-6-7-21-42-23-30(32)39(36-24)20-19-37(2)3;1-3(4,5)2(6)7/h4-5,8-9,11-15,17H,6-7,10,16,18-23H2,1-3H3,(H,40,41);1H3,(H,6,7). The minimum Gasteiger partial charge on any atom is -0.493 e. The van der Waals surface area contributed by atoms with E-state index in [1.807, 2.05) is 41.8 Å². The smallest absolute Gasteiger partial charge is 0.374 e. The normalized spacial score (nSPS) is 13.4. The van der Waals surface area contributed by atoms with Gasteiger partial charge in [-0.15, -0.1) is 0 Å². The fraction of sp³-hybridized carbons (Fsp3) is 0.395. The second-order valence-corrected chi connectivity index (χ2v) is 12.8. The molecular formula is C38H44F2N4O6. The molecule has 0 unspecified atom stereocenters. The van der Waals surface area contributed by atoms with Crippen molar-refractivity contribution in [1.29, 1.82) is 0 Å². The van der Waals surface area contributed by atoms with Crippen molar-refractivity contribution in [3.63, 3.8) is 0 Å². The fourth-order valence-corrected chi connectivity index (χ4v) is 6.40. The molecule has 5 aromatic rings. The van der Waals surface area contributed by atoms with Gasteiger partial charge in [-0.25, -0.2) is 9.59 Å². The van der Waals surface area contributed by atoms with Crippen LogP contribution in [0.4, 0.5) is 8.78 Å². The number of benzene rings is 3. The summed E-state index contributed by atoms with van der Waals surface area (Å²) in [4.78, 5) is 24.3. The molecule has 0 amide bonds. The average molecular weight is 691 g/mol. The van der Waals surface area contributed by atoms with E-state index < -0.39 is 17.9 Å². The van der Waals surface area contributed by atoms with Crippen LogP contribution in [0.3, 0.4) is 0 Å². The van der Waals surface area contributed by atoms with E-state index in [1.54, 1.807) is 0 Å². The Labute approximate surface area is 289 Å². The van der Waals surface area contributed by atoms with Gasteiger partial charge in [-0.05, 0) is 63.7 Å². The minimum atomic E-state index is -3.58. The van der Waals surface area contributed by atoms with E-state index in [0.29, 0.717) is 51.8 Å². The van der Waals surface area contributed by atoms with Crippen molar-refractivity contribution in [2.24, 2.45) is 0 Å². The maximum atomic E-state index is 12.9. The number of nitrogens with zero attached hydrogens (tertiary/aromatic N) is 4. The zero-order valence-corrected chi connectivity index (χ0v) is 28.9. The lowest BCUT2D eigenvalue weighted by molar-refractivity contribution is -0.161. The second-order valence-electron chi connectivity index (χ2n) is 12.8. The highest BCUT2D eigenvalue weighted by Crippen LogP contribution is 2.39. The highest BCUT2D eigenvalue weighted by atomic mass is 19.3. The number of aliphatic carboxylic acids is 1. The SMILES string of the molecule is CC(F)(F)C(=O)O.Cc1nn(CCN(C)C)c2c1-c1cccc3c(CCCOc4cccc5ccccc45)c(C(=O)O)n(c13)CCCCOC2. The Morgan fingerprint density at radius 3 is 2.44 bits per heavy atom. The number of para-hydroxylation sites is 1. The molecule has 12 heteroatoms. The van der Waals surface area contributed by atoms with Crippen molar-refractivity contribution in [3.8, 4) is 16.9 Å². The number of halogens is 2. The molecule has 266 valence electrons. The molecule has 0 aliphatic carbocycles. The molecule has 0 spiro atoms. The van der Waals surface area contributed by atoms with Gasteiger partial charge in [0.25, 0.3) is 0 Å². The van der Waals surface area contributed by atoms with Gasteiger partial charge in [-0.2, -0.15) is 13.9 Å². The number of aryl methyl sites for hydroxylation is 3. The van der Waals surface area contributed by atoms with E-state index in [-0.39, 0.29) is 0 Å². The molecule has 3 aromatic carbocycles. The Kier molecular flexibility index (Phi) is 11.5. The number of hydrogen-bond acceptors (Lipinski definition) is 6. The zero-order chi connectivity index (χ0) is 36.0. The molecule has 0 atom stereocenters. The topological polar surface area (TPSA) is 119 Å². The number of likely N-dealkylation sites (N-methyl/N-ethyl adjacent to an activating group) is 1. The van der Waals surface area contributed by atoms with Crippen LogP contribution in [0.1, 0.15) is 53.6 Å². The molecule has 2 N–H and O–H groups in total. The zero-order valence-electron chi connectivity index (χ0n) is 28.9. The van der Waals surface area contributed by atoms with Crippen LogP contribution >= 0.6 is 0 Å². The summed E-state index contributed by atoms with van der Waals surface area (Å²) in [7, 11) is 4.12. The van der Waals surface area contributed by atoms with Crippen LogP contribution < -0.4 is 4.74 Å². The van der Waals surface area contributed by atoms with E-state index >= 15 is 0 Å². The van der Waals surface area contributed by atoms with E-state index in [2.05, 4.69) is 54.0 Å². The number of hydrogen-bond donors (Lipinski definition) is 2. The lowest BCUT2D eigenvalue weighted by Gasteiger charge is -2.14. The number of fused-ring (bicyclic) bond motifs is 3. The number of aromatic nitrogens is 3. The number of alkyl halides is 2. The van der Waals surface area contributed by atoms with Gasteiger partial charge in [-0.3, -0.25) is 4.68 Å². The summed E-state index contributed by atoms with van der Waals surface area (Å²) in [5.41, 5.74) is 6.27. The Hall–Kier alpha value is -4.81. The number of carbonyl (C=O) groups is 2. The van der Waals surface area contributed by atoms with Crippen molar-refractivity contribution in [3.05, 3.63) is 83.3 Å². The van der Waals surface area contributed by atoms with Gasteiger partial charge in [0.1, 0.15) is 11.4 Å². The van der Waals surface area contributed by atoms with Crippen LogP contribution in [0.25, 0.3) is 32.8 Å². The third-order valence-corrected chi connectivity index (χ3v) is 8.76.